The molecule has 0 fully saturated rings. The summed E-state index contributed by atoms with van der Waals surface area (Å²) in [6.45, 7) is 3.58. The van der Waals surface area contributed by atoms with E-state index in [2.05, 4.69) is 5.32 Å². The van der Waals surface area contributed by atoms with Crippen LogP contribution in [0.4, 0.5) is 0 Å². The maximum Gasteiger partial charge on any atom is 0.243 e. The molecule has 3 rings (SSSR count). The van der Waals surface area contributed by atoms with Crippen molar-refractivity contribution in [3.63, 3.8) is 0 Å². The van der Waals surface area contributed by atoms with E-state index in [1.54, 1.807) is 0 Å². The molecule has 0 aliphatic heterocycles. The summed E-state index contributed by atoms with van der Waals surface area (Å²) in [5.41, 5.74) is 2.74. The van der Waals surface area contributed by atoms with Crippen LogP contribution >= 0.6 is 11.6 Å². The Morgan fingerprint density at radius 2 is 1.58 bits per heavy atom. The van der Waals surface area contributed by atoms with E-state index in [1.165, 1.54) is 28.6 Å². The van der Waals surface area contributed by atoms with Crippen molar-refractivity contribution in [1.82, 2.24) is 9.62 Å². The highest BCUT2D eigenvalue weighted by atomic mass is 35.5. The molecular weight excluding hydrogens is 432 g/mol. The minimum absolute atomic E-state index is 0.0881. The number of nitrogens with zero attached hydrogens (tertiary/aromatic N) is 1. The molecule has 3 aromatic carbocycles. The van der Waals surface area contributed by atoms with Crippen molar-refractivity contribution in [3.05, 3.63) is 101 Å². The number of benzene rings is 3. The number of hydrogen-bond acceptors (Lipinski definition) is 3. The van der Waals surface area contributed by atoms with Gasteiger partial charge in [-0.1, -0.05) is 66.2 Å². The molecule has 0 aliphatic carbocycles. The molecule has 0 spiro atoms. The minimum atomic E-state index is -3.91. The largest absolute Gasteiger partial charge is 0.348 e. The topological polar surface area (TPSA) is 66.5 Å². The van der Waals surface area contributed by atoms with E-state index < -0.39 is 10.0 Å². The Bertz CT molecular complexity index is 1130. The number of sulfonamides is 1. The van der Waals surface area contributed by atoms with Gasteiger partial charge in [0.1, 0.15) is 0 Å². The van der Waals surface area contributed by atoms with Crippen molar-refractivity contribution in [2.45, 2.75) is 31.3 Å². The quantitative estimate of drug-likeness (QED) is 0.533. The van der Waals surface area contributed by atoms with Crippen LogP contribution in [0.25, 0.3) is 0 Å². The lowest BCUT2D eigenvalue weighted by Crippen LogP contribution is -2.41. The van der Waals surface area contributed by atoms with E-state index in [1.807, 2.05) is 68.4 Å². The van der Waals surface area contributed by atoms with Gasteiger partial charge in [-0.15, -0.1) is 0 Å². The molecule has 1 amide bonds. The SMILES string of the molecule is Cc1ccccc1CN(CC(=O)N[C@@H](C)c1ccccc1)S(=O)(=O)c1ccc(Cl)cc1. The highest BCUT2D eigenvalue weighted by Gasteiger charge is 2.27. The van der Waals surface area contributed by atoms with Crippen molar-refractivity contribution >= 4 is 27.5 Å². The average Bonchev–Trinajstić information content (AvgIpc) is 2.75. The first-order chi connectivity index (χ1) is 14.8. The first kappa shape index (κ1) is 23.0. The monoisotopic (exact) mass is 456 g/mol. The van der Waals surface area contributed by atoms with Crippen LogP contribution in [0.3, 0.4) is 0 Å². The average molecular weight is 457 g/mol. The zero-order chi connectivity index (χ0) is 22.4. The van der Waals surface area contributed by atoms with Gasteiger partial charge in [0.2, 0.25) is 15.9 Å². The van der Waals surface area contributed by atoms with Crippen molar-refractivity contribution in [3.8, 4) is 0 Å². The van der Waals surface area contributed by atoms with E-state index in [4.69, 9.17) is 11.6 Å². The van der Waals surface area contributed by atoms with Gasteiger partial charge < -0.3 is 5.32 Å². The number of nitrogens with one attached hydrogen (secondary N) is 1. The van der Waals surface area contributed by atoms with E-state index in [-0.39, 0.29) is 29.9 Å². The van der Waals surface area contributed by atoms with E-state index >= 15 is 0 Å². The molecule has 7 heteroatoms. The smallest absolute Gasteiger partial charge is 0.243 e. The lowest BCUT2D eigenvalue weighted by Gasteiger charge is -2.24. The summed E-state index contributed by atoms with van der Waals surface area (Å²) in [6, 6.07) is 22.8. The second kappa shape index (κ2) is 10.1. The molecule has 162 valence electrons. The molecule has 0 heterocycles. The Balaban J connectivity index is 1.85. The number of halogens is 1. The van der Waals surface area contributed by atoms with E-state index in [0.29, 0.717) is 5.02 Å². The van der Waals surface area contributed by atoms with Gasteiger partial charge in [0, 0.05) is 11.6 Å². The van der Waals surface area contributed by atoms with Crippen LogP contribution in [0.15, 0.2) is 83.8 Å². The maximum atomic E-state index is 13.4. The molecular formula is C24H25ClN2O3S. The highest BCUT2D eigenvalue weighted by Crippen LogP contribution is 2.22. The van der Waals surface area contributed by atoms with Gasteiger partial charge in [0.25, 0.3) is 0 Å². The van der Waals surface area contributed by atoms with Crippen LogP contribution in [0.1, 0.15) is 29.7 Å². The van der Waals surface area contributed by atoms with Crippen LogP contribution in [-0.4, -0.2) is 25.2 Å². The number of hydrogen-bond donors (Lipinski definition) is 1. The fourth-order valence-corrected chi connectivity index (χ4v) is 4.73. The van der Waals surface area contributed by atoms with E-state index in [9.17, 15) is 13.2 Å². The molecule has 0 aromatic heterocycles. The molecule has 5 nitrogen and oxygen atoms in total. The lowest BCUT2D eigenvalue weighted by atomic mass is 10.1. The van der Waals surface area contributed by atoms with Gasteiger partial charge in [0.15, 0.2) is 0 Å². The van der Waals surface area contributed by atoms with Crippen molar-refractivity contribution in [2.75, 3.05) is 6.54 Å². The van der Waals surface area contributed by atoms with Gasteiger partial charge >= 0.3 is 0 Å². The third-order valence-corrected chi connectivity index (χ3v) is 7.11. The van der Waals surface area contributed by atoms with E-state index in [0.717, 1.165) is 16.7 Å². The predicted octanol–water partition coefficient (Wildman–Crippen LogP) is 4.72. The molecule has 0 radical (unpaired) electrons. The number of carbonyl (C=O) groups excluding carboxylic acids is 1. The summed E-state index contributed by atoms with van der Waals surface area (Å²) in [4.78, 5) is 12.9. The second-order valence-corrected chi connectivity index (χ2v) is 9.73. The van der Waals surface area contributed by atoms with Gasteiger partial charge in [0.05, 0.1) is 17.5 Å². The number of carbonyl (C=O) groups is 1. The summed E-state index contributed by atoms with van der Waals surface area (Å²) < 4.78 is 27.9. The van der Waals surface area contributed by atoms with Crippen LogP contribution in [0.5, 0.6) is 0 Å². The fraction of sp³-hybridized carbons (Fsp3) is 0.208. The van der Waals surface area contributed by atoms with Crippen LogP contribution in [0, 0.1) is 6.92 Å². The number of aryl methyl sites for hydroxylation is 1. The summed E-state index contributed by atoms with van der Waals surface area (Å²) in [7, 11) is -3.91. The standard InChI is InChI=1S/C24H25ClN2O3S/c1-18-8-6-7-11-21(18)16-27(31(29,30)23-14-12-22(25)13-15-23)17-24(28)26-19(2)20-9-4-3-5-10-20/h3-15,19H,16-17H2,1-2H3,(H,26,28)/t19-/m0/s1. The zero-order valence-corrected chi connectivity index (χ0v) is 19.0. The van der Waals surface area contributed by atoms with Crippen molar-refractivity contribution in [1.29, 1.82) is 0 Å². The van der Waals surface area contributed by atoms with Crippen molar-refractivity contribution in [2.24, 2.45) is 0 Å². The Hall–Kier alpha value is -2.67. The molecule has 1 atom stereocenters. The van der Waals surface area contributed by atoms with Gasteiger partial charge in [-0.3, -0.25) is 4.79 Å². The van der Waals surface area contributed by atoms with Crippen LogP contribution in [0.2, 0.25) is 5.02 Å². The third kappa shape index (κ3) is 5.94. The summed E-state index contributed by atoms with van der Waals surface area (Å²) in [6.07, 6.45) is 0. The maximum absolute atomic E-state index is 13.4. The predicted molar refractivity (Wildman–Crippen MR) is 123 cm³/mol. The Labute approximate surface area is 188 Å². The highest BCUT2D eigenvalue weighted by molar-refractivity contribution is 7.89. The molecule has 0 saturated carbocycles. The molecule has 0 bridgehead atoms. The summed E-state index contributed by atoms with van der Waals surface area (Å²) in [5.74, 6) is -0.373. The minimum Gasteiger partial charge on any atom is -0.348 e. The lowest BCUT2D eigenvalue weighted by molar-refractivity contribution is -0.122. The van der Waals surface area contributed by atoms with Crippen LogP contribution in [-0.2, 0) is 21.4 Å². The molecule has 1 N–H and O–H groups in total. The second-order valence-electron chi connectivity index (χ2n) is 7.35. The fourth-order valence-electron chi connectivity index (χ4n) is 3.23. The number of amides is 1. The first-order valence-electron chi connectivity index (χ1n) is 9.92. The summed E-state index contributed by atoms with van der Waals surface area (Å²) in [5, 5.41) is 3.34. The Morgan fingerprint density at radius 1 is 0.968 bits per heavy atom. The first-order valence-corrected chi connectivity index (χ1v) is 11.7. The normalized spacial score (nSPS) is 12.5. The van der Waals surface area contributed by atoms with Gasteiger partial charge in [-0.2, -0.15) is 4.31 Å². The third-order valence-electron chi connectivity index (χ3n) is 5.06. The molecule has 31 heavy (non-hydrogen) atoms. The van der Waals surface area contributed by atoms with Crippen LogP contribution < -0.4 is 5.32 Å². The van der Waals surface area contributed by atoms with Crippen molar-refractivity contribution < 1.29 is 13.2 Å². The Kier molecular flexibility index (Phi) is 7.49. The molecule has 3 aromatic rings. The molecule has 0 saturated heterocycles. The number of rotatable bonds is 8. The summed E-state index contributed by atoms with van der Waals surface area (Å²) >= 11 is 5.92. The molecule has 0 aliphatic rings. The van der Waals surface area contributed by atoms with Gasteiger partial charge in [-0.05, 0) is 54.8 Å². The zero-order valence-electron chi connectivity index (χ0n) is 17.5. The Morgan fingerprint density at radius 3 is 2.23 bits per heavy atom. The van der Waals surface area contributed by atoms with Gasteiger partial charge in [-0.25, -0.2) is 8.42 Å². The molecule has 0 unspecified atom stereocenters.